The quantitative estimate of drug-likeness (QED) is 0.867. The molecule has 1 amide bonds. The highest BCUT2D eigenvalue weighted by Gasteiger charge is 2.28. The van der Waals surface area contributed by atoms with Gasteiger partial charge < -0.3 is 5.32 Å². The number of carbonyl (C=O) groups is 1. The number of amides is 1. The Kier molecular flexibility index (Phi) is 5.78. The van der Waals surface area contributed by atoms with E-state index in [9.17, 15) is 13.2 Å². The van der Waals surface area contributed by atoms with E-state index in [2.05, 4.69) is 19.2 Å². The van der Waals surface area contributed by atoms with Crippen LogP contribution in [0.25, 0.3) is 0 Å². The van der Waals surface area contributed by atoms with Gasteiger partial charge in [-0.2, -0.15) is 0 Å². The second-order valence-electron chi connectivity index (χ2n) is 6.20. The van der Waals surface area contributed by atoms with Crippen molar-refractivity contribution in [2.24, 2.45) is 0 Å². The minimum absolute atomic E-state index is 0.144. The van der Waals surface area contributed by atoms with E-state index in [1.54, 1.807) is 24.3 Å². The van der Waals surface area contributed by atoms with E-state index in [1.165, 1.54) is 6.92 Å². The van der Waals surface area contributed by atoms with Crippen LogP contribution in [0.15, 0.2) is 54.6 Å². The van der Waals surface area contributed by atoms with Crippen molar-refractivity contribution >= 4 is 21.4 Å². The van der Waals surface area contributed by atoms with Crippen LogP contribution >= 0.6 is 0 Å². The summed E-state index contributed by atoms with van der Waals surface area (Å²) in [6.45, 7) is 5.60. The number of para-hydroxylation sites is 1. The van der Waals surface area contributed by atoms with Gasteiger partial charge in [0.2, 0.25) is 5.91 Å². The Balaban J connectivity index is 2.07. The molecule has 2 aromatic rings. The maximum absolute atomic E-state index is 12.5. The van der Waals surface area contributed by atoms with Crippen LogP contribution in [-0.4, -0.2) is 19.6 Å². The minimum Gasteiger partial charge on any atom is -0.325 e. The highest BCUT2D eigenvalue weighted by atomic mass is 32.2. The summed E-state index contributed by atoms with van der Waals surface area (Å²) in [6, 6.07) is 16.3. The van der Waals surface area contributed by atoms with E-state index in [1.807, 2.05) is 30.3 Å². The van der Waals surface area contributed by atoms with Gasteiger partial charge in [0.25, 0.3) is 0 Å². The predicted octanol–water partition coefficient (Wildman–Crippen LogP) is 3.75. The maximum Gasteiger partial charge on any atom is 0.242 e. The SMILES string of the molecule is CC(C)c1ccc(CS(=O)(=O)[C@H](C)C(=O)Nc2ccccc2)cc1. The Labute approximate surface area is 143 Å². The molecule has 0 bridgehead atoms. The second kappa shape index (κ2) is 7.62. The van der Waals surface area contributed by atoms with Crippen molar-refractivity contribution in [3.63, 3.8) is 0 Å². The molecule has 0 aliphatic heterocycles. The predicted molar refractivity (Wildman–Crippen MR) is 97.7 cm³/mol. The Hall–Kier alpha value is -2.14. The van der Waals surface area contributed by atoms with Crippen molar-refractivity contribution in [1.82, 2.24) is 0 Å². The van der Waals surface area contributed by atoms with Crippen molar-refractivity contribution in [3.8, 4) is 0 Å². The van der Waals surface area contributed by atoms with Crippen LogP contribution in [0, 0.1) is 0 Å². The first kappa shape index (κ1) is 18.2. The van der Waals surface area contributed by atoms with Gasteiger partial charge in [-0.15, -0.1) is 0 Å². The van der Waals surface area contributed by atoms with Crippen molar-refractivity contribution in [2.75, 3.05) is 5.32 Å². The number of anilines is 1. The normalized spacial score (nSPS) is 12.8. The third-order valence-electron chi connectivity index (χ3n) is 3.96. The molecule has 0 saturated carbocycles. The summed E-state index contributed by atoms with van der Waals surface area (Å²) >= 11 is 0. The number of hydrogen-bond acceptors (Lipinski definition) is 3. The van der Waals surface area contributed by atoms with E-state index in [-0.39, 0.29) is 5.75 Å². The topological polar surface area (TPSA) is 63.2 Å². The molecule has 5 heteroatoms. The van der Waals surface area contributed by atoms with Crippen LogP contribution in [0.5, 0.6) is 0 Å². The first-order valence-electron chi connectivity index (χ1n) is 7.96. The average molecular weight is 345 g/mol. The van der Waals surface area contributed by atoms with E-state index < -0.39 is 21.0 Å². The zero-order valence-corrected chi connectivity index (χ0v) is 15.0. The van der Waals surface area contributed by atoms with Crippen molar-refractivity contribution < 1.29 is 13.2 Å². The highest BCUT2D eigenvalue weighted by molar-refractivity contribution is 7.92. The second-order valence-corrected chi connectivity index (χ2v) is 8.52. The molecule has 0 fully saturated rings. The summed E-state index contributed by atoms with van der Waals surface area (Å²) < 4.78 is 25.0. The van der Waals surface area contributed by atoms with Crippen LogP contribution in [-0.2, 0) is 20.4 Å². The maximum atomic E-state index is 12.5. The molecule has 4 nitrogen and oxygen atoms in total. The highest BCUT2D eigenvalue weighted by Crippen LogP contribution is 2.18. The molecule has 1 atom stereocenters. The number of rotatable bonds is 6. The first-order valence-corrected chi connectivity index (χ1v) is 9.67. The summed E-state index contributed by atoms with van der Waals surface area (Å²) in [5.41, 5.74) is 2.44. The van der Waals surface area contributed by atoms with Crippen LogP contribution in [0.1, 0.15) is 37.8 Å². The van der Waals surface area contributed by atoms with Crippen LogP contribution in [0.3, 0.4) is 0 Å². The summed E-state index contributed by atoms with van der Waals surface area (Å²) in [4.78, 5) is 12.2. The molecule has 24 heavy (non-hydrogen) atoms. The Morgan fingerprint density at radius 3 is 2.08 bits per heavy atom. The van der Waals surface area contributed by atoms with Crippen molar-refractivity contribution in [1.29, 1.82) is 0 Å². The lowest BCUT2D eigenvalue weighted by molar-refractivity contribution is -0.115. The van der Waals surface area contributed by atoms with Gasteiger partial charge in [-0.05, 0) is 36.1 Å². The van der Waals surface area contributed by atoms with Gasteiger partial charge in [-0.3, -0.25) is 4.79 Å². The fraction of sp³-hybridized carbons (Fsp3) is 0.316. The van der Waals surface area contributed by atoms with Gasteiger partial charge in [0.15, 0.2) is 9.84 Å². The number of carbonyl (C=O) groups excluding carboxylic acids is 1. The van der Waals surface area contributed by atoms with Gasteiger partial charge >= 0.3 is 0 Å². The lowest BCUT2D eigenvalue weighted by Gasteiger charge is -2.14. The van der Waals surface area contributed by atoms with Gasteiger partial charge in [0.1, 0.15) is 5.25 Å². The summed E-state index contributed by atoms with van der Waals surface area (Å²) in [7, 11) is -3.58. The van der Waals surface area contributed by atoms with Crippen LogP contribution < -0.4 is 5.32 Å². The third kappa shape index (κ3) is 4.68. The monoisotopic (exact) mass is 345 g/mol. The molecule has 0 aromatic heterocycles. The standard InChI is InChI=1S/C19H23NO3S/c1-14(2)17-11-9-16(10-12-17)13-24(22,23)15(3)19(21)20-18-7-5-4-6-8-18/h4-12,14-15H,13H2,1-3H3,(H,20,21)/t15-/m1/s1. The fourth-order valence-electron chi connectivity index (χ4n) is 2.28. The molecule has 0 aliphatic rings. The van der Waals surface area contributed by atoms with Crippen molar-refractivity contribution in [2.45, 2.75) is 37.7 Å². The fourth-order valence-corrected chi connectivity index (χ4v) is 3.58. The van der Waals surface area contributed by atoms with Crippen molar-refractivity contribution in [3.05, 3.63) is 65.7 Å². The molecule has 0 radical (unpaired) electrons. The van der Waals surface area contributed by atoms with Crippen LogP contribution in [0.2, 0.25) is 0 Å². The molecule has 2 aromatic carbocycles. The molecular weight excluding hydrogens is 322 g/mol. The van der Waals surface area contributed by atoms with E-state index in [0.29, 0.717) is 17.2 Å². The van der Waals surface area contributed by atoms with Gasteiger partial charge in [0.05, 0.1) is 5.75 Å². The minimum atomic E-state index is -3.58. The number of sulfone groups is 1. The van der Waals surface area contributed by atoms with Gasteiger partial charge in [-0.1, -0.05) is 56.3 Å². The number of nitrogens with one attached hydrogen (secondary N) is 1. The zero-order chi connectivity index (χ0) is 17.7. The van der Waals surface area contributed by atoms with Gasteiger partial charge in [0, 0.05) is 5.69 Å². The molecule has 0 spiro atoms. The zero-order valence-electron chi connectivity index (χ0n) is 14.2. The molecule has 0 aliphatic carbocycles. The van der Waals surface area contributed by atoms with E-state index in [4.69, 9.17) is 0 Å². The third-order valence-corrected chi connectivity index (χ3v) is 5.99. The molecule has 128 valence electrons. The van der Waals surface area contributed by atoms with Gasteiger partial charge in [-0.25, -0.2) is 8.42 Å². The Morgan fingerprint density at radius 1 is 0.958 bits per heavy atom. The van der Waals surface area contributed by atoms with E-state index >= 15 is 0 Å². The largest absolute Gasteiger partial charge is 0.325 e. The Morgan fingerprint density at radius 2 is 1.54 bits per heavy atom. The number of benzene rings is 2. The first-order chi connectivity index (χ1) is 11.3. The molecular formula is C19H23NO3S. The Bertz CT molecular complexity index is 781. The smallest absolute Gasteiger partial charge is 0.242 e. The molecule has 2 rings (SSSR count). The van der Waals surface area contributed by atoms with E-state index in [0.717, 1.165) is 5.56 Å². The summed E-state index contributed by atoms with van der Waals surface area (Å²) in [6.07, 6.45) is 0. The molecule has 0 unspecified atom stereocenters. The number of hydrogen-bond donors (Lipinski definition) is 1. The molecule has 1 N–H and O–H groups in total. The average Bonchev–Trinajstić information content (AvgIpc) is 2.55. The molecule has 0 saturated heterocycles. The summed E-state index contributed by atoms with van der Waals surface area (Å²) in [5.74, 6) is -0.263. The lowest BCUT2D eigenvalue weighted by Crippen LogP contribution is -2.33. The summed E-state index contributed by atoms with van der Waals surface area (Å²) in [5, 5.41) is 1.53. The lowest BCUT2D eigenvalue weighted by atomic mass is 10.0. The molecule has 0 heterocycles. The van der Waals surface area contributed by atoms with Crippen LogP contribution in [0.4, 0.5) is 5.69 Å².